The van der Waals surface area contributed by atoms with E-state index >= 15 is 0 Å². The zero-order valence-electron chi connectivity index (χ0n) is 9.83. The van der Waals surface area contributed by atoms with E-state index in [1.165, 1.54) is 12.1 Å². The third kappa shape index (κ3) is 2.85. The Morgan fingerprint density at radius 3 is 2.67 bits per heavy atom. The van der Waals surface area contributed by atoms with Gasteiger partial charge in [-0.15, -0.1) is 0 Å². The Balaban J connectivity index is 2.44. The zero-order valence-corrected chi connectivity index (χ0v) is 12.2. The molecule has 0 spiro atoms. The number of benzene rings is 2. The first-order valence-electron chi connectivity index (χ1n) is 5.45. The second-order valence-electron chi connectivity index (χ2n) is 3.95. The summed E-state index contributed by atoms with van der Waals surface area (Å²) in [6.45, 7) is 0. The summed E-state index contributed by atoms with van der Waals surface area (Å²) in [5, 5.41) is 1.39. The molecule has 0 aliphatic heterocycles. The van der Waals surface area contributed by atoms with Gasteiger partial charge in [-0.25, -0.2) is 4.39 Å². The first kappa shape index (κ1) is 13.4. The maximum atomic E-state index is 13.2. The fourth-order valence-corrected chi connectivity index (χ4v) is 2.43. The highest BCUT2D eigenvalue weighted by Gasteiger charge is 2.10. The van der Waals surface area contributed by atoms with E-state index in [2.05, 4.69) is 15.9 Å². The molecule has 0 heterocycles. The van der Waals surface area contributed by atoms with Crippen LogP contribution < -0.4 is 4.90 Å². The van der Waals surface area contributed by atoms with Crippen LogP contribution in [0.5, 0.6) is 0 Å². The largest absolute Gasteiger partial charge is 0.344 e. The summed E-state index contributed by atoms with van der Waals surface area (Å²) in [4.78, 5) is 1.92. The molecular weight excluding hydrogens is 317 g/mol. The minimum atomic E-state index is -0.248. The van der Waals surface area contributed by atoms with Crippen molar-refractivity contribution < 1.29 is 4.39 Å². The van der Waals surface area contributed by atoms with E-state index in [9.17, 15) is 4.39 Å². The summed E-state index contributed by atoms with van der Waals surface area (Å²) in [6.07, 6.45) is 0. The number of anilines is 2. The molecular formula is C14H12BrClFN. The van der Waals surface area contributed by atoms with E-state index in [4.69, 9.17) is 11.6 Å². The normalized spacial score (nSPS) is 10.4. The predicted molar refractivity (Wildman–Crippen MR) is 78.5 cm³/mol. The molecule has 0 atom stereocenters. The van der Waals surface area contributed by atoms with Gasteiger partial charge in [-0.3, -0.25) is 0 Å². The first-order valence-corrected chi connectivity index (χ1v) is 6.95. The molecule has 0 aliphatic rings. The van der Waals surface area contributed by atoms with Crippen LogP contribution in [0.25, 0.3) is 0 Å². The number of nitrogens with zero attached hydrogens (tertiary/aromatic N) is 1. The van der Waals surface area contributed by atoms with Crippen LogP contribution in [0, 0.1) is 5.82 Å². The minimum Gasteiger partial charge on any atom is -0.344 e. The summed E-state index contributed by atoms with van der Waals surface area (Å²) >= 11 is 9.46. The van der Waals surface area contributed by atoms with Crippen molar-refractivity contribution in [3.63, 3.8) is 0 Å². The molecule has 2 aromatic carbocycles. The van der Waals surface area contributed by atoms with E-state index in [-0.39, 0.29) is 5.82 Å². The van der Waals surface area contributed by atoms with Crippen molar-refractivity contribution in [1.82, 2.24) is 0 Å². The molecule has 0 saturated carbocycles. The van der Waals surface area contributed by atoms with Crippen molar-refractivity contribution in [2.75, 3.05) is 11.9 Å². The second-order valence-corrected chi connectivity index (χ2v) is 4.94. The maximum Gasteiger partial charge on any atom is 0.125 e. The number of rotatable bonds is 3. The summed E-state index contributed by atoms with van der Waals surface area (Å²) in [6, 6.07) is 12.2. The molecule has 0 unspecified atom stereocenters. The van der Waals surface area contributed by atoms with Crippen molar-refractivity contribution in [1.29, 1.82) is 0 Å². The number of alkyl halides is 1. The van der Waals surface area contributed by atoms with Crippen LogP contribution in [0.1, 0.15) is 5.56 Å². The van der Waals surface area contributed by atoms with Crippen LogP contribution in [-0.4, -0.2) is 7.05 Å². The molecule has 18 heavy (non-hydrogen) atoms. The number of hydrogen-bond donors (Lipinski definition) is 0. The van der Waals surface area contributed by atoms with Crippen LogP contribution in [0.4, 0.5) is 15.8 Å². The van der Waals surface area contributed by atoms with E-state index in [0.29, 0.717) is 5.02 Å². The topological polar surface area (TPSA) is 3.24 Å². The van der Waals surface area contributed by atoms with Gasteiger partial charge in [-0.2, -0.15) is 0 Å². The van der Waals surface area contributed by atoms with Crippen molar-refractivity contribution >= 4 is 38.9 Å². The van der Waals surface area contributed by atoms with Crippen LogP contribution >= 0.6 is 27.5 Å². The van der Waals surface area contributed by atoms with Gasteiger partial charge in [-0.1, -0.05) is 39.7 Å². The van der Waals surface area contributed by atoms with Gasteiger partial charge >= 0.3 is 0 Å². The summed E-state index contributed by atoms with van der Waals surface area (Å²) in [5.41, 5.74) is 2.86. The van der Waals surface area contributed by atoms with Crippen LogP contribution in [-0.2, 0) is 5.33 Å². The molecule has 0 aliphatic carbocycles. The van der Waals surface area contributed by atoms with Crippen molar-refractivity contribution in [3.05, 3.63) is 58.9 Å². The van der Waals surface area contributed by atoms with Gasteiger partial charge in [-0.05, 0) is 35.9 Å². The lowest BCUT2D eigenvalue weighted by molar-refractivity contribution is 0.628. The molecule has 2 rings (SSSR count). The first-order chi connectivity index (χ1) is 8.61. The monoisotopic (exact) mass is 327 g/mol. The average Bonchev–Trinajstić information content (AvgIpc) is 2.38. The summed E-state index contributed by atoms with van der Waals surface area (Å²) in [7, 11) is 1.90. The van der Waals surface area contributed by atoms with Gasteiger partial charge < -0.3 is 4.90 Å². The lowest BCUT2D eigenvalue weighted by Gasteiger charge is -2.22. The van der Waals surface area contributed by atoms with Crippen molar-refractivity contribution in [2.24, 2.45) is 0 Å². The Bertz CT molecular complexity index is 559. The van der Waals surface area contributed by atoms with Gasteiger partial charge in [0.2, 0.25) is 0 Å². The average molecular weight is 329 g/mol. The maximum absolute atomic E-state index is 13.2. The van der Waals surface area contributed by atoms with E-state index in [1.54, 1.807) is 6.07 Å². The molecule has 0 radical (unpaired) electrons. The Labute approximate surface area is 119 Å². The number of halogens is 3. The molecule has 0 aromatic heterocycles. The molecule has 0 bridgehead atoms. The quantitative estimate of drug-likeness (QED) is 0.705. The molecule has 0 saturated heterocycles. The molecule has 2 aromatic rings. The smallest absolute Gasteiger partial charge is 0.125 e. The summed E-state index contributed by atoms with van der Waals surface area (Å²) in [5.74, 6) is -0.248. The van der Waals surface area contributed by atoms with Gasteiger partial charge in [0.25, 0.3) is 0 Å². The van der Waals surface area contributed by atoms with E-state index in [1.807, 2.05) is 36.2 Å². The highest BCUT2D eigenvalue weighted by molar-refractivity contribution is 9.08. The molecule has 0 N–H and O–H groups in total. The lowest BCUT2D eigenvalue weighted by atomic mass is 10.1. The molecule has 0 fully saturated rings. The zero-order chi connectivity index (χ0) is 13.1. The second kappa shape index (κ2) is 5.72. The minimum absolute atomic E-state index is 0.248. The van der Waals surface area contributed by atoms with Gasteiger partial charge in [0, 0.05) is 28.8 Å². The third-order valence-electron chi connectivity index (χ3n) is 2.75. The highest BCUT2D eigenvalue weighted by Crippen LogP contribution is 2.31. The molecule has 0 amide bonds. The predicted octanol–water partition coefficient (Wildman–Crippen LogP) is 5.14. The fraction of sp³-hybridized carbons (Fsp3) is 0.143. The van der Waals surface area contributed by atoms with E-state index < -0.39 is 0 Å². The molecule has 4 heteroatoms. The van der Waals surface area contributed by atoms with Gasteiger partial charge in [0.15, 0.2) is 0 Å². The Morgan fingerprint density at radius 2 is 2.00 bits per heavy atom. The van der Waals surface area contributed by atoms with Crippen LogP contribution in [0.2, 0.25) is 5.02 Å². The SMILES string of the molecule is CN(c1cccc(F)c1)c1cc(Cl)ccc1CBr. The Kier molecular flexibility index (Phi) is 4.25. The Hall–Kier alpha value is -1.06. The van der Waals surface area contributed by atoms with Crippen LogP contribution in [0.15, 0.2) is 42.5 Å². The lowest BCUT2D eigenvalue weighted by Crippen LogP contribution is -2.11. The van der Waals surface area contributed by atoms with Crippen LogP contribution in [0.3, 0.4) is 0 Å². The fourth-order valence-electron chi connectivity index (χ4n) is 1.79. The van der Waals surface area contributed by atoms with E-state index in [0.717, 1.165) is 22.3 Å². The molecule has 1 nitrogen and oxygen atoms in total. The van der Waals surface area contributed by atoms with Gasteiger partial charge in [0.05, 0.1) is 0 Å². The number of hydrogen-bond acceptors (Lipinski definition) is 1. The third-order valence-corrected chi connectivity index (χ3v) is 3.59. The van der Waals surface area contributed by atoms with Crippen molar-refractivity contribution in [3.8, 4) is 0 Å². The standard InChI is InChI=1S/C14H12BrClFN/c1-18(13-4-2-3-12(17)8-13)14-7-11(16)6-5-10(14)9-15/h2-8H,9H2,1H3. The molecule has 94 valence electrons. The Morgan fingerprint density at radius 1 is 1.22 bits per heavy atom. The van der Waals surface area contributed by atoms with Gasteiger partial charge in [0.1, 0.15) is 5.82 Å². The van der Waals surface area contributed by atoms with Crippen molar-refractivity contribution in [2.45, 2.75) is 5.33 Å². The summed E-state index contributed by atoms with van der Waals surface area (Å²) < 4.78 is 13.2. The highest BCUT2D eigenvalue weighted by atomic mass is 79.9.